The van der Waals surface area contributed by atoms with Crippen molar-refractivity contribution >= 4 is 29.1 Å². The molecule has 0 saturated heterocycles. The Kier molecular flexibility index (Phi) is 4.70. The molecule has 4 rings (SSSR count). The highest BCUT2D eigenvalue weighted by atomic mass is 35.5. The van der Waals surface area contributed by atoms with Crippen LogP contribution in [0.4, 0.5) is 0 Å². The minimum atomic E-state index is -0.522. The van der Waals surface area contributed by atoms with Gasteiger partial charge in [0.25, 0.3) is 5.91 Å². The van der Waals surface area contributed by atoms with Crippen LogP contribution < -0.4 is 4.74 Å². The van der Waals surface area contributed by atoms with Gasteiger partial charge in [-0.25, -0.2) is 0 Å². The predicted octanol–water partition coefficient (Wildman–Crippen LogP) is 3.57. The molecule has 1 aliphatic heterocycles. The Hall–Kier alpha value is -2.66. The number of amides is 1. The van der Waals surface area contributed by atoms with Gasteiger partial charge in [-0.1, -0.05) is 29.8 Å². The van der Waals surface area contributed by atoms with E-state index in [1.54, 1.807) is 29.2 Å². The fourth-order valence-corrected chi connectivity index (χ4v) is 3.77. The van der Waals surface area contributed by atoms with Crippen molar-refractivity contribution in [2.24, 2.45) is 0 Å². The van der Waals surface area contributed by atoms with E-state index in [0.717, 1.165) is 11.1 Å². The largest absolute Gasteiger partial charge is 0.489 e. The number of hydrogen-bond acceptors (Lipinski definition) is 4. The number of nitrogens with zero attached hydrogens (tertiary/aromatic N) is 1. The highest BCUT2D eigenvalue weighted by molar-refractivity contribution is 6.30. The normalized spacial score (nSPS) is 19.4. The molecule has 0 N–H and O–H groups in total. The Morgan fingerprint density at radius 3 is 2.59 bits per heavy atom. The zero-order valence-electron chi connectivity index (χ0n) is 14.6. The molecular weight excluding hydrogens is 366 g/mol. The van der Waals surface area contributed by atoms with Crippen LogP contribution >= 0.6 is 11.6 Å². The number of ketones is 2. The molecule has 1 fully saturated rings. The van der Waals surface area contributed by atoms with Crippen LogP contribution in [0.5, 0.6) is 5.75 Å². The van der Waals surface area contributed by atoms with Gasteiger partial charge in [0.05, 0.1) is 19.0 Å². The second-order valence-corrected chi connectivity index (χ2v) is 7.30. The summed E-state index contributed by atoms with van der Waals surface area (Å²) in [5, 5.41) is 0.663. The molecular formula is C21H18ClNO4. The van der Waals surface area contributed by atoms with E-state index >= 15 is 0 Å². The maximum Gasteiger partial charge on any atom is 0.255 e. The number of carbonyl (C=O) groups excluding carboxylic acids is 3. The highest BCUT2D eigenvalue weighted by Gasteiger charge is 2.39. The smallest absolute Gasteiger partial charge is 0.255 e. The maximum absolute atomic E-state index is 12.8. The van der Waals surface area contributed by atoms with Gasteiger partial charge in [0.2, 0.25) is 0 Å². The molecule has 1 aliphatic carbocycles. The van der Waals surface area contributed by atoms with Crippen LogP contribution in [-0.4, -0.2) is 28.4 Å². The lowest BCUT2D eigenvalue weighted by Gasteiger charge is -2.29. The summed E-state index contributed by atoms with van der Waals surface area (Å²) in [6, 6.07) is 12.2. The zero-order valence-corrected chi connectivity index (χ0v) is 15.4. The first-order valence-electron chi connectivity index (χ1n) is 8.87. The summed E-state index contributed by atoms with van der Waals surface area (Å²) in [6.45, 7) is 0.689. The number of Topliss-reactive ketones (excluding diaryl/α,β-unsaturated/α-hetero) is 2. The van der Waals surface area contributed by atoms with E-state index in [0.29, 0.717) is 42.3 Å². The Morgan fingerprint density at radius 1 is 1.07 bits per heavy atom. The van der Waals surface area contributed by atoms with E-state index in [4.69, 9.17) is 16.3 Å². The molecule has 0 bridgehead atoms. The molecule has 1 saturated carbocycles. The minimum absolute atomic E-state index is 0.0487. The van der Waals surface area contributed by atoms with Crippen LogP contribution in [0, 0.1) is 0 Å². The number of ether oxygens (including phenoxy) is 1. The summed E-state index contributed by atoms with van der Waals surface area (Å²) < 4.78 is 5.94. The van der Waals surface area contributed by atoms with Crippen molar-refractivity contribution in [1.29, 1.82) is 0 Å². The SMILES string of the molecule is O=C1CCC(N2Cc3c(OCc4ccc(Cl)cc4)cccc3C2=O)C(=O)C1. The zero-order chi connectivity index (χ0) is 19.0. The van der Waals surface area contributed by atoms with E-state index in [2.05, 4.69) is 0 Å². The Morgan fingerprint density at radius 2 is 1.85 bits per heavy atom. The van der Waals surface area contributed by atoms with E-state index in [-0.39, 0.29) is 23.9 Å². The van der Waals surface area contributed by atoms with Crippen molar-refractivity contribution in [1.82, 2.24) is 4.90 Å². The van der Waals surface area contributed by atoms with Crippen LogP contribution in [0.1, 0.15) is 40.7 Å². The summed E-state index contributed by atoms with van der Waals surface area (Å²) in [4.78, 5) is 38.1. The topological polar surface area (TPSA) is 63.7 Å². The molecule has 5 nitrogen and oxygen atoms in total. The summed E-state index contributed by atoms with van der Waals surface area (Å²) >= 11 is 5.90. The Labute approximate surface area is 161 Å². The average molecular weight is 384 g/mol. The minimum Gasteiger partial charge on any atom is -0.489 e. The van der Waals surface area contributed by atoms with E-state index < -0.39 is 6.04 Å². The molecule has 0 aromatic heterocycles. The summed E-state index contributed by atoms with van der Waals surface area (Å²) in [6.07, 6.45) is 0.666. The lowest BCUT2D eigenvalue weighted by Crippen LogP contribution is -2.44. The summed E-state index contributed by atoms with van der Waals surface area (Å²) in [7, 11) is 0. The fraction of sp³-hybridized carbons (Fsp3) is 0.286. The van der Waals surface area contributed by atoms with Crippen molar-refractivity contribution < 1.29 is 19.1 Å². The van der Waals surface area contributed by atoms with Gasteiger partial charge in [0.15, 0.2) is 5.78 Å². The maximum atomic E-state index is 12.8. The van der Waals surface area contributed by atoms with Gasteiger partial charge < -0.3 is 9.64 Å². The molecule has 1 unspecified atom stereocenters. The molecule has 138 valence electrons. The van der Waals surface area contributed by atoms with Gasteiger partial charge in [0, 0.05) is 22.6 Å². The van der Waals surface area contributed by atoms with Crippen molar-refractivity contribution in [3.63, 3.8) is 0 Å². The first kappa shape index (κ1) is 17.7. The third-order valence-corrected chi connectivity index (χ3v) is 5.33. The van der Waals surface area contributed by atoms with Crippen molar-refractivity contribution in [2.45, 2.75) is 38.5 Å². The van der Waals surface area contributed by atoms with Crippen LogP contribution in [-0.2, 0) is 22.7 Å². The van der Waals surface area contributed by atoms with Gasteiger partial charge in [0.1, 0.15) is 18.1 Å². The van der Waals surface area contributed by atoms with Crippen molar-refractivity contribution in [2.75, 3.05) is 0 Å². The quantitative estimate of drug-likeness (QED) is 0.757. The number of rotatable bonds is 4. The molecule has 0 spiro atoms. The fourth-order valence-electron chi connectivity index (χ4n) is 3.64. The molecule has 6 heteroatoms. The lowest BCUT2D eigenvalue weighted by molar-refractivity contribution is -0.133. The summed E-state index contributed by atoms with van der Waals surface area (Å²) in [5.74, 6) is 0.246. The lowest BCUT2D eigenvalue weighted by atomic mass is 9.92. The second kappa shape index (κ2) is 7.16. The standard InChI is InChI=1S/C21H18ClNO4/c22-14-6-4-13(5-7-14)12-27-20-3-1-2-16-17(20)11-23(21(16)26)18-9-8-15(24)10-19(18)25/h1-7,18H,8-12H2. The van der Waals surface area contributed by atoms with E-state index in [9.17, 15) is 14.4 Å². The first-order chi connectivity index (χ1) is 13.0. The Balaban J connectivity index is 1.53. The van der Waals surface area contributed by atoms with Gasteiger partial charge >= 0.3 is 0 Å². The number of halogens is 1. The Bertz CT molecular complexity index is 922. The van der Waals surface area contributed by atoms with Gasteiger partial charge in [-0.3, -0.25) is 14.4 Å². The van der Waals surface area contributed by atoms with E-state index in [1.165, 1.54) is 0 Å². The highest BCUT2D eigenvalue weighted by Crippen LogP contribution is 2.34. The van der Waals surface area contributed by atoms with Crippen LogP contribution in [0.2, 0.25) is 5.02 Å². The average Bonchev–Trinajstić information content (AvgIpc) is 2.99. The van der Waals surface area contributed by atoms with Crippen molar-refractivity contribution in [3.8, 4) is 5.75 Å². The number of hydrogen-bond donors (Lipinski definition) is 0. The number of benzene rings is 2. The molecule has 2 aliphatic rings. The summed E-state index contributed by atoms with van der Waals surface area (Å²) in [5.41, 5.74) is 2.33. The molecule has 1 amide bonds. The number of fused-ring (bicyclic) bond motifs is 1. The van der Waals surface area contributed by atoms with E-state index in [1.807, 2.05) is 18.2 Å². The predicted molar refractivity (Wildman–Crippen MR) is 99.8 cm³/mol. The van der Waals surface area contributed by atoms with Crippen LogP contribution in [0.3, 0.4) is 0 Å². The second-order valence-electron chi connectivity index (χ2n) is 6.87. The molecule has 0 radical (unpaired) electrons. The molecule has 1 atom stereocenters. The molecule has 27 heavy (non-hydrogen) atoms. The molecule has 2 aromatic carbocycles. The van der Waals surface area contributed by atoms with Gasteiger partial charge in [-0.05, 0) is 36.2 Å². The first-order valence-corrected chi connectivity index (χ1v) is 9.25. The molecule has 2 aromatic rings. The molecule has 1 heterocycles. The van der Waals surface area contributed by atoms with Crippen molar-refractivity contribution in [3.05, 3.63) is 64.2 Å². The third kappa shape index (κ3) is 3.47. The van der Waals surface area contributed by atoms with Gasteiger partial charge in [-0.15, -0.1) is 0 Å². The third-order valence-electron chi connectivity index (χ3n) is 5.08. The van der Waals surface area contributed by atoms with Gasteiger partial charge in [-0.2, -0.15) is 0 Å². The number of carbonyl (C=O) groups is 3. The monoisotopic (exact) mass is 383 g/mol. The van der Waals surface area contributed by atoms with Crippen LogP contribution in [0.25, 0.3) is 0 Å². The van der Waals surface area contributed by atoms with Crippen LogP contribution in [0.15, 0.2) is 42.5 Å².